The van der Waals surface area contributed by atoms with Crippen molar-refractivity contribution in [2.24, 2.45) is 11.8 Å². The Balaban J connectivity index is 4.33. The third-order valence-corrected chi connectivity index (χ3v) is 9.72. The number of ether oxygens (including phenoxy) is 3. The van der Waals surface area contributed by atoms with Crippen LogP contribution in [0.3, 0.4) is 0 Å². The Morgan fingerprint density at radius 1 is 0.380 bits per heavy atom. The zero-order chi connectivity index (χ0) is 36.9. The molecule has 0 bridgehead atoms. The number of esters is 3. The summed E-state index contributed by atoms with van der Waals surface area (Å²) >= 11 is 0. The first kappa shape index (κ1) is 48.4. The summed E-state index contributed by atoms with van der Waals surface area (Å²) < 4.78 is 16.7. The van der Waals surface area contributed by atoms with Crippen molar-refractivity contribution in [3.8, 4) is 0 Å². The molecule has 0 unspecified atom stereocenters. The maximum absolute atomic E-state index is 12.6. The molecule has 1 atom stereocenters. The predicted octanol–water partition coefficient (Wildman–Crippen LogP) is 13.4. The second-order valence-electron chi connectivity index (χ2n) is 15.9. The Bertz CT molecular complexity index is 764. The van der Waals surface area contributed by atoms with Gasteiger partial charge in [0.1, 0.15) is 13.2 Å². The smallest absolute Gasteiger partial charge is 0.306 e. The summed E-state index contributed by atoms with van der Waals surface area (Å²) in [6.45, 7) is 11.3. The molecule has 0 saturated carbocycles. The van der Waals surface area contributed by atoms with Crippen molar-refractivity contribution < 1.29 is 28.6 Å². The van der Waals surface area contributed by atoms with Gasteiger partial charge in [-0.1, -0.05) is 195 Å². The minimum absolute atomic E-state index is 0.0659. The van der Waals surface area contributed by atoms with Gasteiger partial charge in [-0.3, -0.25) is 14.4 Å². The van der Waals surface area contributed by atoms with E-state index in [1.165, 1.54) is 122 Å². The van der Waals surface area contributed by atoms with Gasteiger partial charge < -0.3 is 14.2 Å². The van der Waals surface area contributed by atoms with Gasteiger partial charge in [0.25, 0.3) is 0 Å². The van der Waals surface area contributed by atoms with E-state index in [4.69, 9.17) is 14.2 Å². The number of hydrogen-bond donors (Lipinski definition) is 0. The second kappa shape index (κ2) is 37.2. The topological polar surface area (TPSA) is 78.9 Å². The van der Waals surface area contributed by atoms with Crippen LogP contribution in [0.15, 0.2) is 0 Å². The SMILES string of the molecule is CCCCCCCCCCCC(=O)O[C@H](COC(=O)CCCCCCCCCCCC(C)C)COC(=O)CCCCCCCCCCC(C)C. The molecule has 0 N–H and O–H groups in total. The summed E-state index contributed by atoms with van der Waals surface area (Å²) in [5, 5.41) is 0. The molecule has 0 spiro atoms. The van der Waals surface area contributed by atoms with Crippen LogP contribution in [0.25, 0.3) is 0 Å². The van der Waals surface area contributed by atoms with Gasteiger partial charge in [0.2, 0.25) is 0 Å². The summed E-state index contributed by atoms with van der Waals surface area (Å²) in [5.74, 6) is 0.740. The zero-order valence-electron chi connectivity index (χ0n) is 34.0. The molecule has 0 aromatic heterocycles. The molecular formula is C44H84O6. The second-order valence-corrected chi connectivity index (χ2v) is 15.9. The molecule has 0 aliphatic rings. The highest BCUT2D eigenvalue weighted by atomic mass is 16.6. The lowest BCUT2D eigenvalue weighted by Crippen LogP contribution is -2.30. The highest BCUT2D eigenvalue weighted by Crippen LogP contribution is 2.16. The lowest BCUT2D eigenvalue weighted by Gasteiger charge is -2.18. The molecule has 0 fully saturated rings. The summed E-state index contributed by atoms with van der Waals surface area (Å²) in [7, 11) is 0. The van der Waals surface area contributed by atoms with E-state index in [9.17, 15) is 14.4 Å². The maximum Gasteiger partial charge on any atom is 0.306 e. The standard InChI is InChI=1S/C44H84O6/c1-6-7-8-9-10-12-21-26-31-36-44(47)50-41(38-49-43(46)35-30-25-20-16-15-18-23-28-33-40(4)5)37-48-42(45)34-29-24-19-14-11-13-17-22-27-32-39(2)3/h39-41H,6-38H2,1-5H3/t41-/m1/s1. The fourth-order valence-corrected chi connectivity index (χ4v) is 6.40. The van der Waals surface area contributed by atoms with Gasteiger partial charge in [0.15, 0.2) is 6.10 Å². The molecule has 6 heteroatoms. The molecule has 0 aliphatic heterocycles. The van der Waals surface area contributed by atoms with Gasteiger partial charge in [-0.15, -0.1) is 0 Å². The summed E-state index contributed by atoms with van der Waals surface area (Å²) in [6, 6.07) is 0. The van der Waals surface area contributed by atoms with Crippen LogP contribution in [0.1, 0.15) is 234 Å². The lowest BCUT2D eigenvalue weighted by atomic mass is 10.0. The average Bonchev–Trinajstić information content (AvgIpc) is 3.08. The van der Waals surface area contributed by atoms with Crippen LogP contribution < -0.4 is 0 Å². The fourth-order valence-electron chi connectivity index (χ4n) is 6.40. The Hall–Kier alpha value is -1.59. The molecule has 296 valence electrons. The molecule has 0 radical (unpaired) electrons. The molecule has 0 heterocycles. The van der Waals surface area contributed by atoms with E-state index in [1.807, 2.05) is 0 Å². The summed E-state index contributed by atoms with van der Waals surface area (Å²) in [6.07, 6.45) is 33.8. The minimum Gasteiger partial charge on any atom is -0.462 e. The number of carbonyl (C=O) groups excluding carboxylic acids is 3. The van der Waals surface area contributed by atoms with Gasteiger partial charge in [-0.25, -0.2) is 0 Å². The largest absolute Gasteiger partial charge is 0.462 e. The Labute approximate surface area is 310 Å². The Morgan fingerprint density at radius 3 is 0.980 bits per heavy atom. The summed E-state index contributed by atoms with van der Waals surface area (Å²) in [4.78, 5) is 37.6. The van der Waals surface area contributed by atoms with Crippen molar-refractivity contribution in [1.29, 1.82) is 0 Å². The first-order valence-corrected chi connectivity index (χ1v) is 21.7. The van der Waals surface area contributed by atoms with Crippen molar-refractivity contribution in [1.82, 2.24) is 0 Å². The van der Waals surface area contributed by atoms with Crippen LogP contribution in [0.5, 0.6) is 0 Å². The van der Waals surface area contributed by atoms with Crippen LogP contribution in [0, 0.1) is 11.8 Å². The van der Waals surface area contributed by atoms with E-state index in [0.717, 1.165) is 69.6 Å². The van der Waals surface area contributed by atoms with E-state index in [1.54, 1.807) is 0 Å². The fraction of sp³-hybridized carbons (Fsp3) is 0.932. The maximum atomic E-state index is 12.6. The van der Waals surface area contributed by atoms with Gasteiger partial charge in [-0.2, -0.15) is 0 Å². The van der Waals surface area contributed by atoms with Gasteiger partial charge in [0, 0.05) is 19.3 Å². The van der Waals surface area contributed by atoms with Crippen LogP contribution in [0.2, 0.25) is 0 Å². The normalized spacial score (nSPS) is 12.1. The van der Waals surface area contributed by atoms with Gasteiger partial charge in [0.05, 0.1) is 0 Å². The Morgan fingerprint density at radius 2 is 0.660 bits per heavy atom. The van der Waals surface area contributed by atoms with Crippen molar-refractivity contribution in [2.45, 2.75) is 240 Å². The number of rotatable bonds is 38. The molecule has 0 aliphatic carbocycles. The number of hydrogen-bond acceptors (Lipinski definition) is 6. The number of carbonyl (C=O) groups is 3. The van der Waals surface area contributed by atoms with Gasteiger partial charge >= 0.3 is 17.9 Å². The monoisotopic (exact) mass is 709 g/mol. The van der Waals surface area contributed by atoms with E-state index in [0.29, 0.717) is 19.3 Å². The first-order valence-electron chi connectivity index (χ1n) is 21.7. The predicted molar refractivity (Wildman–Crippen MR) is 210 cm³/mol. The highest BCUT2D eigenvalue weighted by molar-refractivity contribution is 5.71. The summed E-state index contributed by atoms with van der Waals surface area (Å²) in [5.41, 5.74) is 0. The highest BCUT2D eigenvalue weighted by Gasteiger charge is 2.19. The van der Waals surface area contributed by atoms with Crippen molar-refractivity contribution in [3.63, 3.8) is 0 Å². The molecular weight excluding hydrogens is 624 g/mol. The van der Waals surface area contributed by atoms with Crippen LogP contribution >= 0.6 is 0 Å². The van der Waals surface area contributed by atoms with E-state index in [2.05, 4.69) is 34.6 Å². The van der Waals surface area contributed by atoms with Crippen LogP contribution in [0.4, 0.5) is 0 Å². The van der Waals surface area contributed by atoms with Crippen molar-refractivity contribution >= 4 is 17.9 Å². The lowest BCUT2D eigenvalue weighted by molar-refractivity contribution is -0.167. The first-order chi connectivity index (χ1) is 24.2. The molecule has 50 heavy (non-hydrogen) atoms. The van der Waals surface area contributed by atoms with E-state index in [-0.39, 0.29) is 31.1 Å². The molecule has 0 saturated heterocycles. The minimum atomic E-state index is -0.759. The molecule has 0 rings (SSSR count). The Kier molecular flexibility index (Phi) is 36.0. The number of unbranched alkanes of at least 4 members (excludes halogenated alkanes) is 23. The van der Waals surface area contributed by atoms with Crippen LogP contribution in [-0.2, 0) is 28.6 Å². The molecule has 0 amide bonds. The van der Waals surface area contributed by atoms with Crippen molar-refractivity contribution in [2.75, 3.05) is 13.2 Å². The van der Waals surface area contributed by atoms with E-state index >= 15 is 0 Å². The zero-order valence-corrected chi connectivity index (χ0v) is 34.0. The third kappa shape index (κ3) is 37.7. The van der Waals surface area contributed by atoms with Crippen LogP contribution in [-0.4, -0.2) is 37.2 Å². The average molecular weight is 709 g/mol. The third-order valence-electron chi connectivity index (χ3n) is 9.72. The molecule has 6 nitrogen and oxygen atoms in total. The van der Waals surface area contributed by atoms with Gasteiger partial charge in [-0.05, 0) is 31.1 Å². The van der Waals surface area contributed by atoms with Crippen molar-refractivity contribution in [3.05, 3.63) is 0 Å². The quantitative estimate of drug-likeness (QED) is 0.0361. The molecule has 0 aromatic rings. The van der Waals surface area contributed by atoms with E-state index < -0.39 is 6.10 Å². The molecule has 0 aromatic carbocycles.